The second-order valence-electron chi connectivity index (χ2n) is 5.34. The minimum Gasteiger partial charge on any atom is -0.384 e. The van der Waals surface area contributed by atoms with E-state index < -0.39 is 0 Å². The van der Waals surface area contributed by atoms with Crippen molar-refractivity contribution >= 4 is 5.91 Å². The lowest BCUT2D eigenvalue weighted by Gasteiger charge is -2.21. The Morgan fingerprint density at radius 3 is 2.75 bits per heavy atom. The molecule has 0 bridgehead atoms. The molecule has 0 unspecified atom stereocenters. The molecular weight excluding hydrogens is 250 g/mol. The maximum Gasteiger partial charge on any atom is 0.254 e. The Morgan fingerprint density at radius 2 is 2.05 bits per heavy atom. The molecule has 0 aromatic heterocycles. The van der Waals surface area contributed by atoms with Crippen LogP contribution in [0.15, 0.2) is 24.3 Å². The van der Waals surface area contributed by atoms with Gasteiger partial charge in [-0.1, -0.05) is 36.8 Å². The van der Waals surface area contributed by atoms with Gasteiger partial charge in [0.05, 0.1) is 5.56 Å². The highest BCUT2D eigenvalue weighted by molar-refractivity contribution is 5.96. The maximum absolute atomic E-state index is 12.5. The van der Waals surface area contributed by atoms with Gasteiger partial charge < -0.3 is 10.0 Å². The summed E-state index contributed by atoms with van der Waals surface area (Å²) in [6.07, 6.45) is 5.02. The second kappa shape index (κ2) is 7.12. The summed E-state index contributed by atoms with van der Waals surface area (Å²) in [6.45, 7) is 0.626. The third-order valence-electron chi connectivity index (χ3n) is 3.81. The van der Waals surface area contributed by atoms with Gasteiger partial charge in [-0.05, 0) is 30.9 Å². The van der Waals surface area contributed by atoms with Crippen LogP contribution in [0.25, 0.3) is 0 Å². The van der Waals surface area contributed by atoms with Gasteiger partial charge in [-0.15, -0.1) is 0 Å². The molecule has 0 atom stereocenters. The Labute approximate surface area is 120 Å². The van der Waals surface area contributed by atoms with Crippen molar-refractivity contribution in [1.29, 1.82) is 0 Å². The molecule has 1 aromatic carbocycles. The third-order valence-corrected chi connectivity index (χ3v) is 3.81. The number of hydrogen-bond donors (Lipinski definition) is 1. The molecule has 1 aromatic rings. The van der Waals surface area contributed by atoms with Crippen molar-refractivity contribution in [3.05, 3.63) is 35.4 Å². The molecule has 1 fully saturated rings. The first-order valence-electron chi connectivity index (χ1n) is 7.16. The molecule has 2 rings (SSSR count). The molecule has 1 saturated carbocycles. The fourth-order valence-corrected chi connectivity index (χ4v) is 2.78. The van der Waals surface area contributed by atoms with Crippen molar-refractivity contribution in [3.63, 3.8) is 0 Å². The fraction of sp³-hybridized carbons (Fsp3) is 0.471. The smallest absolute Gasteiger partial charge is 0.254 e. The zero-order chi connectivity index (χ0) is 14.4. The molecule has 1 amide bonds. The summed E-state index contributed by atoms with van der Waals surface area (Å²) in [7, 11) is 1.86. The molecule has 0 aliphatic heterocycles. The molecule has 1 aliphatic carbocycles. The molecule has 3 nitrogen and oxygen atoms in total. The van der Waals surface area contributed by atoms with E-state index in [0.29, 0.717) is 17.0 Å². The molecule has 106 valence electrons. The van der Waals surface area contributed by atoms with Crippen LogP contribution in [0, 0.1) is 17.8 Å². The standard InChI is InChI=1S/C17H21NO2/c1-18(13-14-7-2-3-8-14)17(20)16-11-5-4-9-15(16)10-6-12-19/h4-5,9,11,14,19H,2-3,7-8,12-13H2,1H3. The summed E-state index contributed by atoms with van der Waals surface area (Å²) < 4.78 is 0. The van der Waals surface area contributed by atoms with Crippen molar-refractivity contribution in [3.8, 4) is 11.8 Å². The predicted molar refractivity (Wildman–Crippen MR) is 79.3 cm³/mol. The first-order valence-corrected chi connectivity index (χ1v) is 7.16. The number of carbonyl (C=O) groups is 1. The second-order valence-corrected chi connectivity index (χ2v) is 5.34. The first kappa shape index (κ1) is 14.6. The average Bonchev–Trinajstić information content (AvgIpc) is 2.97. The average molecular weight is 271 g/mol. The van der Waals surface area contributed by atoms with Gasteiger partial charge in [-0.3, -0.25) is 4.79 Å². The van der Waals surface area contributed by atoms with Gasteiger partial charge in [0.1, 0.15) is 6.61 Å². The van der Waals surface area contributed by atoms with E-state index in [0.717, 1.165) is 6.54 Å². The summed E-state index contributed by atoms with van der Waals surface area (Å²) in [6, 6.07) is 7.32. The van der Waals surface area contributed by atoms with Gasteiger partial charge in [0.25, 0.3) is 5.91 Å². The van der Waals surface area contributed by atoms with Crippen LogP contribution in [-0.4, -0.2) is 36.1 Å². The minimum absolute atomic E-state index is 0.0136. The van der Waals surface area contributed by atoms with Crippen LogP contribution in [0.5, 0.6) is 0 Å². The van der Waals surface area contributed by atoms with E-state index in [1.165, 1.54) is 25.7 Å². The van der Waals surface area contributed by atoms with Crippen molar-refractivity contribution in [1.82, 2.24) is 4.90 Å². The van der Waals surface area contributed by atoms with Crippen LogP contribution in [0.2, 0.25) is 0 Å². The largest absolute Gasteiger partial charge is 0.384 e. The van der Waals surface area contributed by atoms with Crippen LogP contribution >= 0.6 is 0 Å². The summed E-state index contributed by atoms with van der Waals surface area (Å²) in [5, 5.41) is 8.79. The predicted octanol–water partition coefficient (Wildman–Crippen LogP) is 2.29. The van der Waals surface area contributed by atoms with Crippen molar-refractivity contribution in [2.24, 2.45) is 5.92 Å². The van der Waals surface area contributed by atoms with Crippen LogP contribution in [0.4, 0.5) is 0 Å². The van der Waals surface area contributed by atoms with Crippen molar-refractivity contribution < 1.29 is 9.90 Å². The Balaban J connectivity index is 2.11. The molecular formula is C17H21NO2. The number of benzene rings is 1. The van der Waals surface area contributed by atoms with Gasteiger partial charge in [0.15, 0.2) is 0 Å². The molecule has 1 aliphatic rings. The van der Waals surface area contributed by atoms with Gasteiger partial charge in [-0.2, -0.15) is 0 Å². The quantitative estimate of drug-likeness (QED) is 0.857. The van der Waals surface area contributed by atoms with Crippen molar-refractivity contribution in [2.45, 2.75) is 25.7 Å². The molecule has 0 saturated heterocycles. The lowest BCUT2D eigenvalue weighted by Crippen LogP contribution is -2.31. The molecule has 0 radical (unpaired) electrons. The highest BCUT2D eigenvalue weighted by Crippen LogP contribution is 2.25. The number of hydrogen-bond acceptors (Lipinski definition) is 2. The van der Waals surface area contributed by atoms with Gasteiger partial charge >= 0.3 is 0 Å². The SMILES string of the molecule is CN(CC1CCCC1)C(=O)c1ccccc1C#CCO. The maximum atomic E-state index is 12.5. The van der Waals surface area contributed by atoms with E-state index in [1.807, 2.05) is 25.2 Å². The number of carbonyl (C=O) groups excluding carboxylic acids is 1. The molecule has 1 N–H and O–H groups in total. The lowest BCUT2D eigenvalue weighted by atomic mass is 10.0. The van der Waals surface area contributed by atoms with E-state index >= 15 is 0 Å². The number of aliphatic hydroxyl groups excluding tert-OH is 1. The molecule has 20 heavy (non-hydrogen) atoms. The van der Waals surface area contributed by atoms with E-state index in [4.69, 9.17) is 5.11 Å². The molecule has 0 heterocycles. The third kappa shape index (κ3) is 3.61. The van der Waals surface area contributed by atoms with Gasteiger partial charge in [0, 0.05) is 19.2 Å². The Hall–Kier alpha value is -1.79. The topological polar surface area (TPSA) is 40.5 Å². The summed E-state index contributed by atoms with van der Waals surface area (Å²) >= 11 is 0. The lowest BCUT2D eigenvalue weighted by molar-refractivity contribution is 0.0773. The van der Waals surface area contributed by atoms with Gasteiger partial charge in [0.2, 0.25) is 0 Å². The zero-order valence-electron chi connectivity index (χ0n) is 11.9. The van der Waals surface area contributed by atoms with E-state index in [2.05, 4.69) is 11.8 Å². The van der Waals surface area contributed by atoms with E-state index in [-0.39, 0.29) is 12.5 Å². The van der Waals surface area contributed by atoms with Crippen LogP contribution < -0.4 is 0 Å². The Bertz CT molecular complexity index is 521. The Morgan fingerprint density at radius 1 is 1.35 bits per heavy atom. The van der Waals surface area contributed by atoms with Gasteiger partial charge in [-0.25, -0.2) is 0 Å². The molecule has 3 heteroatoms. The number of nitrogens with zero attached hydrogens (tertiary/aromatic N) is 1. The van der Waals surface area contributed by atoms with Crippen molar-refractivity contribution in [2.75, 3.05) is 20.2 Å². The first-order chi connectivity index (χ1) is 9.72. The van der Waals surface area contributed by atoms with Crippen LogP contribution in [-0.2, 0) is 0 Å². The number of aliphatic hydroxyl groups is 1. The zero-order valence-corrected chi connectivity index (χ0v) is 11.9. The highest BCUT2D eigenvalue weighted by atomic mass is 16.2. The normalized spacial score (nSPS) is 14.7. The monoisotopic (exact) mass is 271 g/mol. The van der Waals surface area contributed by atoms with Crippen LogP contribution in [0.1, 0.15) is 41.6 Å². The summed E-state index contributed by atoms with van der Waals surface area (Å²) in [5.74, 6) is 6.10. The van der Waals surface area contributed by atoms with E-state index in [9.17, 15) is 4.79 Å². The number of amides is 1. The summed E-state index contributed by atoms with van der Waals surface area (Å²) in [5.41, 5.74) is 1.30. The van der Waals surface area contributed by atoms with Crippen LogP contribution in [0.3, 0.4) is 0 Å². The Kier molecular flexibility index (Phi) is 5.20. The minimum atomic E-state index is -0.194. The highest BCUT2D eigenvalue weighted by Gasteiger charge is 2.21. The fourth-order valence-electron chi connectivity index (χ4n) is 2.78. The van der Waals surface area contributed by atoms with E-state index in [1.54, 1.807) is 11.0 Å². The number of rotatable bonds is 3. The molecule has 0 spiro atoms. The summed E-state index contributed by atoms with van der Waals surface area (Å²) in [4.78, 5) is 14.3.